The monoisotopic (exact) mass is 263 g/mol. The highest BCUT2D eigenvalue weighted by Gasteiger charge is 2.17. The van der Waals surface area contributed by atoms with Gasteiger partial charge in [-0.05, 0) is 29.7 Å². The van der Waals surface area contributed by atoms with E-state index in [1.807, 2.05) is 0 Å². The Labute approximate surface area is 106 Å². The number of hydrogen-bond donors (Lipinski definition) is 1. The van der Waals surface area contributed by atoms with Crippen molar-refractivity contribution in [3.8, 4) is 0 Å². The molecule has 0 amide bonds. The predicted molar refractivity (Wildman–Crippen MR) is 66.8 cm³/mol. The van der Waals surface area contributed by atoms with E-state index in [0.29, 0.717) is 5.69 Å². The van der Waals surface area contributed by atoms with Crippen molar-refractivity contribution in [3.05, 3.63) is 46.9 Å². The lowest BCUT2D eigenvalue weighted by molar-refractivity contribution is 0.213. The molecule has 18 heavy (non-hydrogen) atoms. The Morgan fingerprint density at radius 3 is 2.94 bits per heavy atom. The Kier molecular flexibility index (Phi) is 2.61. The van der Waals surface area contributed by atoms with Crippen LogP contribution < -0.4 is 0 Å². The quantitative estimate of drug-likeness (QED) is 0.771. The van der Waals surface area contributed by atoms with Gasteiger partial charge in [-0.15, -0.1) is 16.4 Å². The van der Waals surface area contributed by atoms with Gasteiger partial charge in [-0.1, -0.05) is 5.21 Å². The second-order valence-electron chi connectivity index (χ2n) is 4.02. The lowest BCUT2D eigenvalue weighted by Gasteiger charge is -2.06. The number of hydrogen-bond acceptors (Lipinski definition) is 4. The Balaban J connectivity index is 2.07. The fourth-order valence-corrected chi connectivity index (χ4v) is 2.90. The molecule has 3 aromatic rings. The van der Waals surface area contributed by atoms with Gasteiger partial charge in [-0.3, -0.25) is 0 Å². The summed E-state index contributed by atoms with van der Waals surface area (Å²) in [5.41, 5.74) is 0.613. The van der Waals surface area contributed by atoms with Gasteiger partial charge in [0.15, 0.2) is 0 Å². The van der Waals surface area contributed by atoms with Crippen LogP contribution in [-0.2, 0) is 7.05 Å². The second-order valence-corrected chi connectivity index (χ2v) is 5.13. The van der Waals surface area contributed by atoms with Gasteiger partial charge in [-0.2, -0.15) is 0 Å². The van der Waals surface area contributed by atoms with Gasteiger partial charge in [0.25, 0.3) is 0 Å². The van der Waals surface area contributed by atoms with Crippen LogP contribution in [0.15, 0.2) is 30.5 Å². The average molecular weight is 263 g/mol. The Morgan fingerprint density at radius 2 is 2.22 bits per heavy atom. The zero-order valence-corrected chi connectivity index (χ0v) is 10.4. The molecule has 0 aliphatic carbocycles. The molecule has 0 spiro atoms. The van der Waals surface area contributed by atoms with Crippen LogP contribution in [0.5, 0.6) is 0 Å². The third-order valence-electron chi connectivity index (χ3n) is 2.80. The first-order valence-electron chi connectivity index (χ1n) is 5.37. The minimum Gasteiger partial charge on any atom is -0.381 e. The topological polar surface area (TPSA) is 50.9 Å². The Hall–Kier alpha value is -1.79. The number of halogens is 1. The number of aromatic nitrogens is 3. The first kappa shape index (κ1) is 11.3. The molecule has 3 rings (SSSR count). The Morgan fingerprint density at radius 1 is 1.39 bits per heavy atom. The summed E-state index contributed by atoms with van der Waals surface area (Å²) >= 11 is 1.44. The van der Waals surface area contributed by atoms with E-state index < -0.39 is 6.10 Å². The van der Waals surface area contributed by atoms with E-state index in [4.69, 9.17) is 0 Å². The van der Waals surface area contributed by atoms with Gasteiger partial charge in [0.2, 0.25) is 0 Å². The molecule has 0 fully saturated rings. The molecule has 6 heteroatoms. The number of fused-ring (bicyclic) bond motifs is 1. The lowest BCUT2D eigenvalue weighted by Crippen LogP contribution is -2.04. The molecule has 4 nitrogen and oxygen atoms in total. The third-order valence-corrected chi connectivity index (χ3v) is 3.97. The average Bonchev–Trinajstić information content (AvgIpc) is 2.93. The van der Waals surface area contributed by atoms with E-state index in [0.717, 1.165) is 15.0 Å². The summed E-state index contributed by atoms with van der Waals surface area (Å²) in [6, 6.07) is 6.39. The highest BCUT2D eigenvalue weighted by atomic mass is 32.1. The van der Waals surface area contributed by atoms with Crippen molar-refractivity contribution in [3.63, 3.8) is 0 Å². The van der Waals surface area contributed by atoms with Crippen molar-refractivity contribution in [1.82, 2.24) is 15.0 Å². The van der Waals surface area contributed by atoms with Crippen molar-refractivity contribution in [1.29, 1.82) is 0 Å². The molecular formula is C12H10FN3OS. The zero-order valence-electron chi connectivity index (χ0n) is 9.54. The fraction of sp³-hybridized carbons (Fsp3) is 0.167. The van der Waals surface area contributed by atoms with Crippen molar-refractivity contribution >= 4 is 21.4 Å². The standard InChI is InChI=1S/C12H10FN3OS/c1-16-9(6-14-15-16)12(17)11-5-7-4-8(13)2-3-10(7)18-11/h2-6,12,17H,1H3. The zero-order chi connectivity index (χ0) is 12.7. The van der Waals surface area contributed by atoms with Gasteiger partial charge in [0, 0.05) is 16.6 Å². The number of thiophene rings is 1. The van der Waals surface area contributed by atoms with Crippen molar-refractivity contribution in [2.75, 3.05) is 0 Å². The summed E-state index contributed by atoms with van der Waals surface area (Å²) in [6.07, 6.45) is 0.737. The van der Waals surface area contributed by atoms with Gasteiger partial charge in [0.05, 0.1) is 11.9 Å². The van der Waals surface area contributed by atoms with E-state index in [1.54, 1.807) is 19.2 Å². The lowest BCUT2D eigenvalue weighted by atomic mass is 10.2. The molecule has 0 saturated carbocycles. The number of rotatable bonds is 2. The molecule has 2 aromatic heterocycles. The molecule has 1 N–H and O–H groups in total. The van der Waals surface area contributed by atoms with Crippen LogP contribution in [0.4, 0.5) is 4.39 Å². The summed E-state index contributed by atoms with van der Waals surface area (Å²) in [4.78, 5) is 0.751. The van der Waals surface area contributed by atoms with Crippen LogP contribution in [0.25, 0.3) is 10.1 Å². The number of aliphatic hydroxyl groups is 1. The van der Waals surface area contributed by atoms with Gasteiger partial charge >= 0.3 is 0 Å². The van der Waals surface area contributed by atoms with E-state index >= 15 is 0 Å². The summed E-state index contributed by atoms with van der Waals surface area (Å²) < 4.78 is 15.6. The summed E-state index contributed by atoms with van der Waals surface area (Å²) in [7, 11) is 1.72. The van der Waals surface area contributed by atoms with Crippen LogP contribution in [0.2, 0.25) is 0 Å². The minimum atomic E-state index is -0.787. The summed E-state index contributed by atoms with van der Waals surface area (Å²) in [5, 5.41) is 18.6. The Bertz CT molecular complexity index is 706. The van der Waals surface area contributed by atoms with Gasteiger partial charge in [0.1, 0.15) is 11.9 Å². The number of nitrogens with zero attached hydrogens (tertiary/aromatic N) is 3. The fourth-order valence-electron chi connectivity index (χ4n) is 1.86. The molecule has 0 radical (unpaired) electrons. The third kappa shape index (κ3) is 1.79. The van der Waals surface area contributed by atoms with Gasteiger partial charge in [-0.25, -0.2) is 9.07 Å². The number of aryl methyl sites for hydroxylation is 1. The van der Waals surface area contributed by atoms with Crippen molar-refractivity contribution < 1.29 is 9.50 Å². The molecule has 0 aliphatic rings. The molecule has 0 bridgehead atoms. The number of aliphatic hydroxyl groups excluding tert-OH is 1. The predicted octanol–water partition coefficient (Wildman–Crippen LogP) is 2.25. The van der Waals surface area contributed by atoms with Crippen molar-refractivity contribution in [2.45, 2.75) is 6.10 Å². The maximum absolute atomic E-state index is 13.1. The van der Waals surface area contributed by atoms with Crippen LogP contribution in [0.1, 0.15) is 16.7 Å². The van der Waals surface area contributed by atoms with Crippen LogP contribution in [0.3, 0.4) is 0 Å². The molecule has 92 valence electrons. The van der Waals surface area contributed by atoms with Crippen molar-refractivity contribution in [2.24, 2.45) is 7.05 Å². The SMILES string of the molecule is Cn1nncc1C(O)c1cc2cc(F)ccc2s1. The normalized spacial score (nSPS) is 13.1. The second kappa shape index (κ2) is 4.15. The molecule has 0 saturated heterocycles. The molecular weight excluding hydrogens is 253 g/mol. The molecule has 1 aromatic carbocycles. The van der Waals surface area contributed by atoms with Crippen LogP contribution in [-0.4, -0.2) is 20.1 Å². The van der Waals surface area contributed by atoms with E-state index in [9.17, 15) is 9.50 Å². The first-order chi connectivity index (χ1) is 8.65. The molecule has 1 unspecified atom stereocenters. The van der Waals surface area contributed by atoms with E-state index in [2.05, 4.69) is 10.3 Å². The highest BCUT2D eigenvalue weighted by Crippen LogP contribution is 2.32. The number of benzene rings is 1. The molecule has 1 atom stereocenters. The van der Waals surface area contributed by atoms with E-state index in [-0.39, 0.29) is 5.82 Å². The molecule has 2 heterocycles. The maximum atomic E-state index is 13.1. The largest absolute Gasteiger partial charge is 0.381 e. The summed E-state index contributed by atoms with van der Waals surface area (Å²) in [5.74, 6) is -0.275. The van der Waals surface area contributed by atoms with E-state index in [1.165, 1.54) is 34.3 Å². The van der Waals surface area contributed by atoms with Gasteiger partial charge < -0.3 is 5.11 Å². The maximum Gasteiger partial charge on any atom is 0.131 e. The highest BCUT2D eigenvalue weighted by molar-refractivity contribution is 7.19. The minimum absolute atomic E-state index is 0.275. The smallest absolute Gasteiger partial charge is 0.131 e. The summed E-state index contributed by atoms with van der Waals surface area (Å²) in [6.45, 7) is 0. The van der Waals surface area contributed by atoms with Crippen LogP contribution in [0, 0.1) is 5.82 Å². The first-order valence-corrected chi connectivity index (χ1v) is 6.18. The molecule has 0 aliphatic heterocycles. The van der Waals surface area contributed by atoms with Crippen LogP contribution >= 0.6 is 11.3 Å².